The van der Waals surface area contributed by atoms with Crippen LogP contribution in [0.2, 0.25) is 0 Å². The lowest BCUT2D eigenvalue weighted by Gasteiger charge is -2.23. The van der Waals surface area contributed by atoms with Crippen LogP contribution in [-0.4, -0.2) is 40.8 Å². The normalized spacial score (nSPS) is 12.1. The minimum atomic E-state index is -0.853. The maximum Gasteiger partial charge on any atom is 0.307 e. The summed E-state index contributed by atoms with van der Waals surface area (Å²) in [6, 6.07) is 9.25. The molecule has 0 aromatic heterocycles. The molecule has 0 amide bonds. The predicted molar refractivity (Wildman–Crippen MR) is 70.3 cm³/mol. The number of carboxylic acids is 1. The second kappa shape index (κ2) is 7.52. The zero-order valence-corrected chi connectivity index (χ0v) is 10.9. The Morgan fingerprint density at radius 3 is 2.84 bits per heavy atom. The second-order valence-corrected chi connectivity index (χ2v) is 4.51. The van der Waals surface area contributed by atoms with Gasteiger partial charge in [-0.25, -0.2) is 0 Å². The molecule has 0 radical (unpaired) electrons. The van der Waals surface area contributed by atoms with E-state index >= 15 is 0 Å². The Bertz CT molecular complexity index is 468. The monoisotopic (exact) mass is 262 g/mol. The smallest absolute Gasteiger partial charge is 0.307 e. The molecule has 1 aromatic carbocycles. The van der Waals surface area contributed by atoms with Gasteiger partial charge in [-0.2, -0.15) is 5.26 Å². The van der Waals surface area contributed by atoms with Gasteiger partial charge in [0.2, 0.25) is 0 Å². The number of carboxylic acid groups (broad SMARTS) is 1. The van der Waals surface area contributed by atoms with E-state index in [1.807, 2.05) is 11.0 Å². The van der Waals surface area contributed by atoms with Crippen molar-refractivity contribution in [2.45, 2.75) is 13.5 Å². The highest BCUT2D eigenvalue weighted by atomic mass is 16.4. The van der Waals surface area contributed by atoms with E-state index in [1.54, 1.807) is 25.1 Å². The molecule has 1 unspecified atom stereocenters. The topological polar surface area (TPSA) is 84.6 Å². The van der Waals surface area contributed by atoms with Crippen molar-refractivity contribution in [2.75, 3.05) is 19.7 Å². The van der Waals surface area contributed by atoms with E-state index in [0.717, 1.165) is 5.56 Å². The fraction of sp³-hybridized carbons (Fsp3) is 0.429. The molecule has 0 aliphatic heterocycles. The molecule has 0 bridgehead atoms. The lowest BCUT2D eigenvalue weighted by molar-refractivity contribution is -0.141. The second-order valence-electron chi connectivity index (χ2n) is 4.51. The molecule has 0 spiro atoms. The van der Waals surface area contributed by atoms with Crippen molar-refractivity contribution >= 4 is 5.97 Å². The van der Waals surface area contributed by atoms with Gasteiger partial charge in [-0.3, -0.25) is 9.69 Å². The Kier molecular flexibility index (Phi) is 6.00. The molecule has 1 atom stereocenters. The van der Waals surface area contributed by atoms with Crippen LogP contribution in [0.4, 0.5) is 0 Å². The highest BCUT2D eigenvalue weighted by molar-refractivity contribution is 5.69. The molecule has 0 heterocycles. The Morgan fingerprint density at radius 2 is 2.26 bits per heavy atom. The van der Waals surface area contributed by atoms with Crippen molar-refractivity contribution < 1.29 is 15.0 Å². The maximum absolute atomic E-state index is 10.9. The number of hydrogen-bond acceptors (Lipinski definition) is 4. The molecule has 0 fully saturated rings. The predicted octanol–water partition coefficient (Wildman–Crippen LogP) is 1.07. The summed E-state index contributed by atoms with van der Waals surface area (Å²) < 4.78 is 0. The van der Waals surface area contributed by atoms with Crippen molar-refractivity contribution in [2.24, 2.45) is 5.92 Å². The van der Waals surface area contributed by atoms with Gasteiger partial charge >= 0.3 is 5.97 Å². The summed E-state index contributed by atoms with van der Waals surface area (Å²) in [4.78, 5) is 12.7. The average Bonchev–Trinajstić information content (AvgIpc) is 2.39. The van der Waals surface area contributed by atoms with Crippen LogP contribution in [-0.2, 0) is 11.3 Å². The standard InChI is InChI=1S/C14H18N2O3/c1-11(14(18)19)9-16(5-6-17)10-13-4-2-3-12(7-13)8-15/h2-4,7,11,17H,5-6,9-10H2,1H3,(H,18,19). The quantitative estimate of drug-likeness (QED) is 0.768. The van der Waals surface area contributed by atoms with E-state index in [4.69, 9.17) is 15.5 Å². The van der Waals surface area contributed by atoms with Crippen LogP contribution in [0, 0.1) is 17.2 Å². The third-order valence-electron chi connectivity index (χ3n) is 2.83. The van der Waals surface area contributed by atoms with Crippen molar-refractivity contribution in [1.29, 1.82) is 5.26 Å². The maximum atomic E-state index is 10.9. The average molecular weight is 262 g/mol. The van der Waals surface area contributed by atoms with Crippen molar-refractivity contribution in [3.05, 3.63) is 35.4 Å². The summed E-state index contributed by atoms with van der Waals surface area (Å²) in [7, 11) is 0. The fourth-order valence-corrected chi connectivity index (χ4v) is 1.84. The third kappa shape index (κ3) is 5.08. The Balaban J connectivity index is 2.72. The van der Waals surface area contributed by atoms with Crippen LogP contribution in [0.1, 0.15) is 18.1 Å². The van der Waals surface area contributed by atoms with E-state index in [1.165, 1.54) is 0 Å². The number of rotatable bonds is 7. The number of nitriles is 1. The first-order chi connectivity index (χ1) is 9.06. The summed E-state index contributed by atoms with van der Waals surface area (Å²) in [5.74, 6) is -1.35. The molecule has 2 N–H and O–H groups in total. The van der Waals surface area contributed by atoms with Crippen LogP contribution >= 0.6 is 0 Å². The van der Waals surface area contributed by atoms with Crippen molar-refractivity contribution in [3.8, 4) is 6.07 Å². The zero-order chi connectivity index (χ0) is 14.3. The molecule has 0 saturated carbocycles. The molecule has 5 nitrogen and oxygen atoms in total. The molecule has 19 heavy (non-hydrogen) atoms. The molecule has 1 rings (SSSR count). The van der Waals surface area contributed by atoms with E-state index in [2.05, 4.69) is 6.07 Å². The number of benzene rings is 1. The first-order valence-corrected chi connectivity index (χ1v) is 6.12. The highest BCUT2D eigenvalue weighted by Gasteiger charge is 2.16. The summed E-state index contributed by atoms with van der Waals surface area (Å²) >= 11 is 0. The molecule has 0 aliphatic rings. The molecular weight excluding hydrogens is 244 g/mol. The van der Waals surface area contributed by atoms with Gasteiger partial charge < -0.3 is 10.2 Å². The number of hydrogen-bond donors (Lipinski definition) is 2. The van der Waals surface area contributed by atoms with E-state index in [-0.39, 0.29) is 6.61 Å². The summed E-state index contributed by atoms with van der Waals surface area (Å²) in [5.41, 5.74) is 1.51. The number of carbonyl (C=O) groups is 1. The van der Waals surface area contributed by atoms with Crippen LogP contribution in [0.25, 0.3) is 0 Å². The lowest BCUT2D eigenvalue weighted by Crippen LogP contribution is -2.33. The van der Waals surface area contributed by atoms with Gasteiger partial charge in [-0.1, -0.05) is 19.1 Å². The Labute approximate surface area is 112 Å². The zero-order valence-electron chi connectivity index (χ0n) is 10.9. The van der Waals surface area contributed by atoms with Crippen molar-refractivity contribution in [1.82, 2.24) is 4.90 Å². The van der Waals surface area contributed by atoms with Gasteiger partial charge in [0.15, 0.2) is 0 Å². The van der Waals surface area contributed by atoms with Crippen LogP contribution < -0.4 is 0 Å². The molecule has 1 aromatic rings. The van der Waals surface area contributed by atoms with E-state index < -0.39 is 11.9 Å². The molecule has 5 heteroatoms. The van der Waals surface area contributed by atoms with Gasteiger partial charge in [-0.15, -0.1) is 0 Å². The molecule has 0 aliphatic carbocycles. The number of aliphatic hydroxyl groups is 1. The van der Waals surface area contributed by atoms with E-state index in [0.29, 0.717) is 25.2 Å². The number of aliphatic carboxylic acids is 1. The van der Waals surface area contributed by atoms with Crippen molar-refractivity contribution in [3.63, 3.8) is 0 Å². The SMILES string of the molecule is CC(CN(CCO)Cc1cccc(C#N)c1)C(=O)O. The van der Waals surface area contributed by atoms with E-state index in [9.17, 15) is 4.79 Å². The largest absolute Gasteiger partial charge is 0.481 e. The summed E-state index contributed by atoms with van der Waals surface area (Å²) in [6.45, 7) is 2.91. The summed E-state index contributed by atoms with van der Waals surface area (Å²) in [6.07, 6.45) is 0. The first kappa shape index (κ1) is 15.2. The van der Waals surface area contributed by atoms with Crippen LogP contribution in [0.3, 0.4) is 0 Å². The third-order valence-corrected chi connectivity index (χ3v) is 2.83. The fourth-order valence-electron chi connectivity index (χ4n) is 1.84. The van der Waals surface area contributed by atoms with Gasteiger partial charge in [-0.05, 0) is 17.7 Å². The highest BCUT2D eigenvalue weighted by Crippen LogP contribution is 2.09. The molecule has 0 saturated heterocycles. The Hall–Kier alpha value is -1.90. The molecule has 102 valence electrons. The van der Waals surface area contributed by atoms with Gasteiger partial charge in [0.05, 0.1) is 24.2 Å². The van der Waals surface area contributed by atoms with Gasteiger partial charge in [0, 0.05) is 19.6 Å². The number of aliphatic hydroxyl groups excluding tert-OH is 1. The minimum absolute atomic E-state index is 0.0235. The van der Waals surface area contributed by atoms with Crippen LogP contribution in [0.5, 0.6) is 0 Å². The minimum Gasteiger partial charge on any atom is -0.481 e. The van der Waals surface area contributed by atoms with Gasteiger partial charge in [0.1, 0.15) is 0 Å². The van der Waals surface area contributed by atoms with Crippen LogP contribution in [0.15, 0.2) is 24.3 Å². The Morgan fingerprint density at radius 1 is 1.53 bits per heavy atom. The molecular formula is C14H18N2O3. The summed E-state index contributed by atoms with van der Waals surface area (Å²) in [5, 5.41) is 26.8. The van der Waals surface area contributed by atoms with Gasteiger partial charge in [0.25, 0.3) is 0 Å². The first-order valence-electron chi connectivity index (χ1n) is 6.12. The number of nitrogens with zero attached hydrogens (tertiary/aromatic N) is 2. The lowest BCUT2D eigenvalue weighted by atomic mass is 10.1.